The Bertz CT molecular complexity index is 473. The lowest BCUT2D eigenvalue weighted by atomic mass is 9.97. The molecule has 19 heavy (non-hydrogen) atoms. The lowest BCUT2D eigenvalue weighted by Gasteiger charge is -2.33. The van der Waals surface area contributed by atoms with Crippen LogP contribution >= 0.6 is 0 Å². The van der Waals surface area contributed by atoms with Gasteiger partial charge in [0, 0.05) is 20.1 Å². The summed E-state index contributed by atoms with van der Waals surface area (Å²) in [4.78, 5) is 28.4. The van der Waals surface area contributed by atoms with Gasteiger partial charge in [0.25, 0.3) is 0 Å². The minimum Gasteiger partial charge on any atom is -0.477 e. The predicted molar refractivity (Wildman–Crippen MR) is 70.2 cm³/mol. The van der Waals surface area contributed by atoms with Gasteiger partial charge < -0.3 is 15.3 Å². The van der Waals surface area contributed by atoms with E-state index in [9.17, 15) is 9.59 Å². The Morgan fingerprint density at radius 3 is 2.84 bits per heavy atom. The van der Waals surface area contributed by atoms with E-state index in [1.165, 1.54) is 6.07 Å². The average molecular weight is 263 g/mol. The van der Waals surface area contributed by atoms with E-state index in [-0.39, 0.29) is 17.5 Å². The van der Waals surface area contributed by atoms with Crippen LogP contribution in [-0.2, 0) is 4.79 Å². The maximum atomic E-state index is 11.7. The van der Waals surface area contributed by atoms with Crippen molar-refractivity contribution in [2.24, 2.45) is 5.92 Å². The van der Waals surface area contributed by atoms with E-state index in [0.29, 0.717) is 6.54 Å². The van der Waals surface area contributed by atoms with Crippen molar-refractivity contribution >= 4 is 17.6 Å². The molecular weight excluding hydrogens is 246 g/mol. The Morgan fingerprint density at radius 2 is 2.26 bits per heavy atom. The number of hydrogen-bond acceptors (Lipinski definition) is 4. The van der Waals surface area contributed by atoms with Gasteiger partial charge in [-0.1, -0.05) is 0 Å². The maximum absolute atomic E-state index is 11.7. The molecule has 2 heterocycles. The Balaban J connectivity index is 2.08. The van der Waals surface area contributed by atoms with Gasteiger partial charge in [0.1, 0.15) is 5.69 Å². The van der Waals surface area contributed by atoms with Crippen LogP contribution in [0.15, 0.2) is 18.3 Å². The number of carbonyl (C=O) groups is 2. The summed E-state index contributed by atoms with van der Waals surface area (Å²) < 4.78 is 0. The summed E-state index contributed by atoms with van der Waals surface area (Å²) in [5.41, 5.74) is 0.891. The van der Waals surface area contributed by atoms with Crippen LogP contribution < -0.4 is 10.2 Å². The Kier molecular flexibility index (Phi) is 3.99. The van der Waals surface area contributed by atoms with E-state index in [2.05, 4.69) is 15.2 Å². The van der Waals surface area contributed by atoms with Gasteiger partial charge in [-0.15, -0.1) is 0 Å². The van der Waals surface area contributed by atoms with Crippen LogP contribution in [0.2, 0.25) is 0 Å². The largest absolute Gasteiger partial charge is 0.477 e. The second-order valence-electron chi connectivity index (χ2n) is 4.61. The quantitative estimate of drug-likeness (QED) is 0.840. The molecule has 1 atom stereocenters. The molecule has 0 spiro atoms. The summed E-state index contributed by atoms with van der Waals surface area (Å²) >= 11 is 0. The summed E-state index contributed by atoms with van der Waals surface area (Å²) in [6, 6.07) is 3.23. The lowest BCUT2D eigenvalue weighted by Crippen LogP contribution is -2.42. The number of nitrogens with zero attached hydrogens (tertiary/aromatic N) is 2. The third-order valence-electron chi connectivity index (χ3n) is 3.37. The standard InChI is InChI=1S/C13H17N3O3/c1-14-12(17)9-3-2-6-16(8-9)10-4-5-11(13(18)19)15-7-10/h4-5,7,9H,2-3,6,8H2,1H3,(H,14,17)(H,18,19). The van der Waals surface area contributed by atoms with E-state index >= 15 is 0 Å². The number of carboxylic acids is 1. The fourth-order valence-electron chi connectivity index (χ4n) is 2.33. The highest BCUT2D eigenvalue weighted by atomic mass is 16.4. The molecule has 1 amide bonds. The van der Waals surface area contributed by atoms with Crippen molar-refractivity contribution in [3.63, 3.8) is 0 Å². The Morgan fingerprint density at radius 1 is 1.47 bits per heavy atom. The van der Waals surface area contributed by atoms with Gasteiger partial charge in [0.15, 0.2) is 0 Å². The van der Waals surface area contributed by atoms with Crippen molar-refractivity contribution < 1.29 is 14.7 Å². The highest BCUT2D eigenvalue weighted by molar-refractivity contribution is 5.85. The normalized spacial score (nSPS) is 19.0. The van der Waals surface area contributed by atoms with Gasteiger partial charge in [-0.2, -0.15) is 0 Å². The van der Waals surface area contributed by atoms with Crippen LogP contribution in [0.4, 0.5) is 5.69 Å². The molecule has 0 saturated carbocycles. The number of rotatable bonds is 3. The number of aromatic nitrogens is 1. The van der Waals surface area contributed by atoms with E-state index in [1.54, 1.807) is 19.3 Å². The average Bonchev–Trinajstić information content (AvgIpc) is 2.46. The first-order valence-electron chi connectivity index (χ1n) is 6.27. The summed E-state index contributed by atoms with van der Waals surface area (Å²) in [6.07, 6.45) is 3.38. The first kappa shape index (κ1) is 13.3. The third kappa shape index (κ3) is 3.01. The van der Waals surface area contributed by atoms with Crippen molar-refractivity contribution in [1.29, 1.82) is 0 Å². The second kappa shape index (κ2) is 5.69. The fraction of sp³-hybridized carbons (Fsp3) is 0.462. The SMILES string of the molecule is CNC(=O)C1CCCN(c2ccc(C(=O)O)nc2)C1. The van der Waals surface area contributed by atoms with Crippen LogP contribution in [0.5, 0.6) is 0 Å². The zero-order valence-corrected chi connectivity index (χ0v) is 10.8. The van der Waals surface area contributed by atoms with Crippen LogP contribution in [-0.4, -0.2) is 42.1 Å². The Labute approximate surface area is 111 Å². The number of nitrogens with one attached hydrogen (secondary N) is 1. The third-order valence-corrected chi connectivity index (χ3v) is 3.37. The topological polar surface area (TPSA) is 82.5 Å². The molecule has 2 N–H and O–H groups in total. The van der Waals surface area contributed by atoms with E-state index in [4.69, 9.17) is 5.11 Å². The van der Waals surface area contributed by atoms with Crippen molar-refractivity contribution in [3.8, 4) is 0 Å². The number of carboxylic acid groups (broad SMARTS) is 1. The van der Waals surface area contributed by atoms with Crippen molar-refractivity contribution in [1.82, 2.24) is 10.3 Å². The van der Waals surface area contributed by atoms with E-state index < -0.39 is 5.97 Å². The minimum atomic E-state index is -1.03. The summed E-state index contributed by atoms with van der Waals surface area (Å²) in [7, 11) is 1.64. The smallest absolute Gasteiger partial charge is 0.354 e. The molecule has 1 aromatic heterocycles. The molecule has 1 aromatic rings. The highest BCUT2D eigenvalue weighted by Gasteiger charge is 2.25. The molecule has 0 aromatic carbocycles. The van der Waals surface area contributed by atoms with Gasteiger partial charge in [-0.25, -0.2) is 9.78 Å². The molecule has 102 valence electrons. The number of carbonyl (C=O) groups excluding carboxylic acids is 1. The van der Waals surface area contributed by atoms with Gasteiger partial charge >= 0.3 is 5.97 Å². The molecule has 6 heteroatoms. The van der Waals surface area contributed by atoms with Crippen molar-refractivity contribution in [3.05, 3.63) is 24.0 Å². The van der Waals surface area contributed by atoms with Gasteiger partial charge in [0.2, 0.25) is 5.91 Å². The fourth-order valence-corrected chi connectivity index (χ4v) is 2.33. The maximum Gasteiger partial charge on any atom is 0.354 e. The molecule has 1 fully saturated rings. The first-order valence-corrected chi connectivity index (χ1v) is 6.27. The number of pyridine rings is 1. The molecule has 0 radical (unpaired) electrons. The van der Waals surface area contributed by atoms with Crippen LogP contribution in [0.1, 0.15) is 23.3 Å². The summed E-state index contributed by atoms with van der Waals surface area (Å²) in [5.74, 6) is -0.994. The first-order chi connectivity index (χ1) is 9.11. The number of aromatic carboxylic acids is 1. The molecule has 1 aliphatic heterocycles. The van der Waals surface area contributed by atoms with Gasteiger partial charge in [0.05, 0.1) is 17.8 Å². The van der Waals surface area contributed by atoms with Crippen LogP contribution in [0, 0.1) is 5.92 Å². The monoisotopic (exact) mass is 263 g/mol. The molecule has 0 aliphatic carbocycles. The predicted octanol–water partition coefficient (Wildman–Crippen LogP) is 0.742. The van der Waals surface area contributed by atoms with Crippen LogP contribution in [0.3, 0.4) is 0 Å². The number of amides is 1. The summed E-state index contributed by atoms with van der Waals surface area (Å²) in [5, 5.41) is 11.5. The molecule has 1 aliphatic rings. The zero-order valence-electron chi connectivity index (χ0n) is 10.8. The van der Waals surface area contributed by atoms with Gasteiger partial charge in [-0.3, -0.25) is 4.79 Å². The van der Waals surface area contributed by atoms with Gasteiger partial charge in [-0.05, 0) is 25.0 Å². The lowest BCUT2D eigenvalue weighted by molar-refractivity contribution is -0.124. The number of hydrogen-bond donors (Lipinski definition) is 2. The minimum absolute atomic E-state index is 0.0158. The Hall–Kier alpha value is -2.11. The molecule has 2 rings (SSSR count). The van der Waals surface area contributed by atoms with Crippen LogP contribution in [0.25, 0.3) is 0 Å². The molecule has 1 unspecified atom stereocenters. The second-order valence-corrected chi connectivity index (χ2v) is 4.61. The van der Waals surface area contributed by atoms with Crippen molar-refractivity contribution in [2.75, 3.05) is 25.0 Å². The van der Waals surface area contributed by atoms with Crippen molar-refractivity contribution in [2.45, 2.75) is 12.8 Å². The summed E-state index contributed by atoms with van der Waals surface area (Å²) in [6.45, 7) is 1.51. The number of piperidine rings is 1. The number of anilines is 1. The molecule has 0 bridgehead atoms. The van der Waals surface area contributed by atoms with E-state index in [1.807, 2.05) is 0 Å². The zero-order chi connectivity index (χ0) is 13.8. The molecular formula is C13H17N3O3. The highest BCUT2D eigenvalue weighted by Crippen LogP contribution is 2.22. The molecule has 6 nitrogen and oxygen atoms in total. The van der Waals surface area contributed by atoms with E-state index in [0.717, 1.165) is 25.1 Å². The molecule has 1 saturated heterocycles.